The van der Waals surface area contributed by atoms with Crippen LogP contribution in [-0.2, 0) is 19.5 Å². The SMILES string of the molecule is O=C(Nc1nc2c(s1)CN(C(=O)NCc1cccc3ccccc13)CC2)NC1CCCC1. The van der Waals surface area contributed by atoms with Gasteiger partial charge in [0.25, 0.3) is 0 Å². The predicted molar refractivity (Wildman–Crippen MR) is 127 cm³/mol. The Bertz CT molecular complexity index is 1130. The molecule has 8 heteroatoms. The molecule has 1 aromatic heterocycles. The van der Waals surface area contributed by atoms with Crippen LogP contribution in [0.4, 0.5) is 14.7 Å². The molecule has 2 aromatic carbocycles. The van der Waals surface area contributed by atoms with Crippen molar-refractivity contribution < 1.29 is 9.59 Å². The average molecular weight is 450 g/mol. The number of carbonyl (C=O) groups excluding carboxylic acids is 2. The number of nitrogens with zero attached hydrogens (tertiary/aromatic N) is 2. The number of hydrogen-bond acceptors (Lipinski definition) is 4. The van der Waals surface area contributed by atoms with Gasteiger partial charge in [0.05, 0.1) is 12.2 Å². The molecule has 0 radical (unpaired) electrons. The number of rotatable bonds is 4. The quantitative estimate of drug-likeness (QED) is 0.543. The number of fused-ring (bicyclic) bond motifs is 2. The topological polar surface area (TPSA) is 86.4 Å². The molecule has 166 valence electrons. The highest BCUT2D eigenvalue weighted by Crippen LogP contribution is 2.28. The van der Waals surface area contributed by atoms with E-state index in [-0.39, 0.29) is 18.1 Å². The summed E-state index contributed by atoms with van der Waals surface area (Å²) in [5, 5.41) is 11.9. The number of urea groups is 2. The van der Waals surface area contributed by atoms with Crippen LogP contribution in [0.5, 0.6) is 0 Å². The minimum Gasteiger partial charge on any atom is -0.335 e. The molecule has 2 heterocycles. The molecule has 4 amide bonds. The van der Waals surface area contributed by atoms with Crippen molar-refractivity contribution in [3.05, 3.63) is 58.6 Å². The zero-order valence-electron chi connectivity index (χ0n) is 17.9. The second kappa shape index (κ2) is 9.16. The smallest absolute Gasteiger partial charge is 0.321 e. The molecule has 1 aliphatic carbocycles. The summed E-state index contributed by atoms with van der Waals surface area (Å²) in [7, 11) is 0. The van der Waals surface area contributed by atoms with Crippen LogP contribution in [0.25, 0.3) is 10.8 Å². The highest BCUT2D eigenvalue weighted by molar-refractivity contribution is 7.15. The molecule has 0 atom stereocenters. The molecule has 0 saturated heterocycles. The van der Waals surface area contributed by atoms with Gasteiger partial charge in [-0.15, -0.1) is 0 Å². The van der Waals surface area contributed by atoms with E-state index in [4.69, 9.17) is 0 Å². The van der Waals surface area contributed by atoms with Crippen LogP contribution in [0.1, 0.15) is 41.8 Å². The van der Waals surface area contributed by atoms with Gasteiger partial charge < -0.3 is 15.5 Å². The minimum absolute atomic E-state index is 0.0783. The van der Waals surface area contributed by atoms with Crippen LogP contribution in [0.3, 0.4) is 0 Å². The Kier molecular flexibility index (Phi) is 5.94. The number of aromatic nitrogens is 1. The molecule has 1 fully saturated rings. The fourth-order valence-electron chi connectivity index (χ4n) is 4.54. The van der Waals surface area contributed by atoms with Crippen molar-refractivity contribution >= 4 is 39.3 Å². The van der Waals surface area contributed by atoms with E-state index >= 15 is 0 Å². The van der Waals surface area contributed by atoms with E-state index in [0.29, 0.717) is 31.2 Å². The number of benzene rings is 2. The summed E-state index contributed by atoms with van der Waals surface area (Å²) in [5.74, 6) is 0. The summed E-state index contributed by atoms with van der Waals surface area (Å²) in [6.45, 7) is 1.62. The van der Waals surface area contributed by atoms with Crippen molar-refractivity contribution in [1.29, 1.82) is 0 Å². The zero-order valence-corrected chi connectivity index (χ0v) is 18.7. The van der Waals surface area contributed by atoms with E-state index < -0.39 is 0 Å². The van der Waals surface area contributed by atoms with Crippen molar-refractivity contribution in [3.63, 3.8) is 0 Å². The maximum Gasteiger partial charge on any atom is 0.321 e. The van der Waals surface area contributed by atoms with Crippen molar-refractivity contribution in [2.75, 3.05) is 11.9 Å². The first-order valence-electron chi connectivity index (χ1n) is 11.2. The maximum atomic E-state index is 12.8. The summed E-state index contributed by atoms with van der Waals surface area (Å²) in [6.07, 6.45) is 5.14. The van der Waals surface area contributed by atoms with Crippen molar-refractivity contribution in [2.24, 2.45) is 0 Å². The second-order valence-electron chi connectivity index (χ2n) is 8.44. The van der Waals surface area contributed by atoms with E-state index in [9.17, 15) is 9.59 Å². The molecule has 3 N–H and O–H groups in total. The molecule has 1 aliphatic heterocycles. The van der Waals surface area contributed by atoms with Gasteiger partial charge in [0, 0.05) is 30.4 Å². The average Bonchev–Trinajstić information content (AvgIpc) is 3.46. The van der Waals surface area contributed by atoms with Gasteiger partial charge in [0.1, 0.15) is 0 Å². The second-order valence-corrected chi connectivity index (χ2v) is 9.52. The Hall–Kier alpha value is -3.13. The fourth-order valence-corrected chi connectivity index (χ4v) is 5.56. The van der Waals surface area contributed by atoms with Gasteiger partial charge in [0.15, 0.2) is 5.13 Å². The van der Waals surface area contributed by atoms with Gasteiger partial charge in [0.2, 0.25) is 0 Å². The van der Waals surface area contributed by atoms with Crippen LogP contribution < -0.4 is 16.0 Å². The van der Waals surface area contributed by atoms with E-state index in [2.05, 4.69) is 45.2 Å². The van der Waals surface area contributed by atoms with Crippen LogP contribution >= 0.6 is 11.3 Å². The zero-order chi connectivity index (χ0) is 21.9. The molecule has 1 saturated carbocycles. The lowest BCUT2D eigenvalue weighted by molar-refractivity contribution is 0.192. The molecule has 5 rings (SSSR count). The summed E-state index contributed by atoms with van der Waals surface area (Å²) in [4.78, 5) is 32.5. The number of amides is 4. The fraction of sp³-hybridized carbons (Fsp3) is 0.375. The van der Waals surface area contributed by atoms with Crippen LogP contribution in [-0.4, -0.2) is 34.5 Å². The molecule has 0 unspecified atom stereocenters. The molecule has 2 aliphatic rings. The van der Waals surface area contributed by atoms with Crippen LogP contribution in [0.15, 0.2) is 42.5 Å². The molecular formula is C24H27N5O2S. The summed E-state index contributed by atoms with van der Waals surface area (Å²) in [6, 6.07) is 14.4. The lowest BCUT2D eigenvalue weighted by Gasteiger charge is -2.26. The van der Waals surface area contributed by atoms with Gasteiger partial charge in [-0.25, -0.2) is 14.6 Å². The summed E-state index contributed by atoms with van der Waals surface area (Å²) < 4.78 is 0. The third-order valence-electron chi connectivity index (χ3n) is 6.24. The molecular weight excluding hydrogens is 422 g/mol. The number of nitrogens with one attached hydrogen (secondary N) is 3. The van der Waals surface area contributed by atoms with Crippen LogP contribution in [0, 0.1) is 0 Å². The summed E-state index contributed by atoms with van der Waals surface area (Å²) >= 11 is 1.45. The van der Waals surface area contributed by atoms with Crippen molar-refractivity contribution in [1.82, 2.24) is 20.5 Å². The first kappa shape index (κ1) is 20.8. The Morgan fingerprint density at radius 1 is 1.09 bits per heavy atom. The largest absolute Gasteiger partial charge is 0.335 e. The van der Waals surface area contributed by atoms with Crippen molar-refractivity contribution in [2.45, 2.75) is 51.2 Å². The normalized spacial score (nSPS) is 16.1. The van der Waals surface area contributed by atoms with Gasteiger partial charge in [-0.1, -0.05) is 66.6 Å². The minimum atomic E-state index is -0.187. The molecule has 3 aromatic rings. The van der Waals surface area contributed by atoms with Gasteiger partial charge in [-0.05, 0) is 29.2 Å². The molecule has 7 nitrogen and oxygen atoms in total. The number of hydrogen-bond donors (Lipinski definition) is 3. The Morgan fingerprint density at radius 3 is 2.78 bits per heavy atom. The van der Waals surface area contributed by atoms with Gasteiger partial charge in [-0.3, -0.25) is 5.32 Å². The molecule has 32 heavy (non-hydrogen) atoms. The molecule has 0 spiro atoms. The van der Waals surface area contributed by atoms with E-state index in [1.807, 2.05) is 23.1 Å². The Morgan fingerprint density at radius 2 is 1.91 bits per heavy atom. The lowest BCUT2D eigenvalue weighted by atomic mass is 10.0. The van der Waals surface area contributed by atoms with Crippen LogP contribution in [0.2, 0.25) is 0 Å². The van der Waals surface area contributed by atoms with E-state index in [1.54, 1.807) is 0 Å². The van der Waals surface area contributed by atoms with E-state index in [1.165, 1.54) is 29.6 Å². The highest BCUT2D eigenvalue weighted by atomic mass is 32.1. The standard InChI is InChI=1S/C24H27N5O2S/c30-22(26-18-9-2-3-10-18)28-23-27-20-12-13-29(15-21(20)32-23)24(31)25-14-17-8-5-7-16-6-1-4-11-19(16)17/h1,4-8,11,18H,2-3,9-10,12-15H2,(H,25,31)(H2,26,27,28,30). The molecule has 0 bridgehead atoms. The lowest BCUT2D eigenvalue weighted by Crippen LogP contribution is -2.42. The highest BCUT2D eigenvalue weighted by Gasteiger charge is 2.25. The Labute approximate surface area is 191 Å². The first-order chi connectivity index (χ1) is 15.7. The third-order valence-corrected chi connectivity index (χ3v) is 7.24. The van der Waals surface area contributed by atoms with Crippen molar-refractivity contribution in [3.8, 4) is 0 Å². The number of anilines is 1. The predicted octanol–water partition coefficient (Wildman–Crippen LogP) is 4.63. The number of carbonyl (C=O) groups is 2. The first-order valence-corrected chi connectivity index (χ1v) is 12.0. The third kappa shape index (κ3) is 4.55. The van der Waals surface area contributed by atoms with E-state index in [0.717, 1.165) is 34.4 Å². The van der Waals surface area contributed by atoms with Gasteiger partial charge in [-0.2, -0.15) is 0 Å². The monoisotopic (exact) mass is 449 g/mol. The maximum absolute atomic E-state index is 12.8. The summed E-state index contributed by atoms with van der Waals surface area (Å²) in [5.41, 5.74) is 2.08. The van der Waals surface area contributed by atoms with Gasteiger partial charge >= 0.3 is 12.1 Å². The number of thiazole rings is 1. The Balaban J connectivity index is 1.17.